The molecule has 3 saturated heterocycles. The van der Waals surface area contributed by atoms with Crippen LogP contribution in [0.5, 0.6) is 0 Å². The summed E-state index contributed by atoms with van der Waals surface area (Å²) in [6.07, 6.45) is -1.17. The number of hydrogen-bond donors (Lipinski definition) is 3. The summed E-state index contributed by atoms with van der Waals surface area (Å²) in [6.45, 7) is 8.49. The lowest BCUT2D eigenvalue weighted by Crippen LogP contribution is -2.46. The van der Waals surface area contributed by atoms with Crippen LogP contribution in [0.1, 0.15) is 39.4 Å². The summed E-state index contributed by atoms with van der Waals surface area (Å²) in [5, 5.41) is 29.1. The molecular weight excluding hydrogens is 360 g/mol. The zero-order valence-electron chi connectivity index (χ0n) is 17.1. The minimum Gasteiger partial charge on any atom is -0.394 e. The zero-order valence-corrected chi connectivity index (χ0v) is 17.1. The average molecular weight is 395 g/mol. The molecule has 3 aliphatic heterocycles. The fourth-order valence-electron chi connectivity index (χ4n) is 4.40. The van der Waals surface area contributed by atoms with Crippen LogP contribution in [0.3, 0.4) is 0 Å². The van der Waals surface area contributed by atoms with E-state index < -0.39 is 6.10 Å². The number of aliphatic hydroxyl groups is 3. The maximum Gasteiger partial charge on any atom is 0.163 e. The maximum absolute atomic E-state index is 10.2. The lowest BCUT2D eigenvalue weighted by Gasteiger charge is -2.42. The second-order valence-corrected chi connectivity index (χ2v) is 8.48. The Morgan fingerprint density at radius 1 is 0.857 bits per heavy atom. The molecule has 28 heavy (non-hydrogen) atoms. The van der Waals surface area contributed by atoms with Gasteiger partial charge in [-0.15, -0.1) is 0 Å². The largest absolute Gasteiger partial charge is 0.394 e. The molecule has 158 valence electrons. The van der Waals surface area contributed by atoms with Crippen LogP contribution in [-0.2, 0) is 14.2 Å². The van der Waals surface area contributed by atoms with Crippen molar-refractivity contribution in [2.45, 2.75) is 64.5 Å². The van der Waals surface area contributed by atoms with Crippen molar-refractivity contribution in [2.75, 3.05) is 13.2 Å². The van der Waals surface area contributed by atoms with E-state index in [0.717, 1.165) is 5.56 Å². The number of fused-ring (bicyclic) bond motifs is 2. The predicted octanol–water partition coefficient (Wildman–Crippen LogP) is 2.13. The van der Waals surface area contributed by atoms with E-state index >= 15 is 0 Å². The molecule has 0 radical (unpaired) electrons. The fourth-order valence-corrected chi connectivity index (χ4v) is 4.40. The van der Waals surface area contributed by atoms with Crippen LogP contribution in [0.4, 0.5) is 0 Å². The maximum atomic E-state index is 10.2. The third-order valence-electron chi connectivity index (χ3n) is 6.60. The quantitative estimate of drug-likeness (QED) is 0.712. The van der Waals surface area contributed by atoms with Gasteiger partial charge in [-0.25, -0.2) is 0 Å². The molecule has 0 aromatic heterocycles. The molecule has 0 aliphatic carbocycles. The van der Waals surface area contributed by atoms with Crippen molar-refractivity contribution in [1.29, 1.82) is 0 Å². The number of aliphatic hydroxyl groups excluding tert-OH is 3. The second-order valence-electron chi connectivity index (χ2n) is 8.48. The molecule has 6 nitrogen and oxygen atoms in total. The van der Waals surface area contributed by atoms with Crippen molar-refractivity contribution >= 4 is 0 Å². The number of ether oxygens (including phenoxy) is 3. The van der Waals surface area contributed by atoms with Crippen LogP contribution < -0.4 is 0 Å². The minimum atomic E-state index is -0.439. The van der Waals surface area contributed by atoms with Crippen LogP contribution in [-0.4, -0.2) is 59.2 Å². The summed E-state index contributed by atoms with van der Waals surface area (Å²) in [4.78, 5) is 0. The topological polar surface area (TPSA) is 88.4 Å². The van der Waals surface area contributed by atoms with E-state index in [2.05, 4.69) is 0 Å². The van der Waals surface area contributed by atoms with Crippen molar-refractivity contribution in [1.82, 2.24) is 0 Å². The highest BCUT2D eigenvalue weighted by atomic mass is 16.7. The zero-order chi connectivity index (χ0) is 20.4. The van der Waals surface area contributed by atoms with Gasteiger partial charge in [0.15, 0.2) is 6.29 Å². The van der Waals surface area contributed by atoms with Gasteiger partial charge in [0.1, 0.15) is 0 Å². The number of benzene rings is 1. The molecule has 0 saturated carbocycles. The van der Waals surface area contributed by atoms with E-state index in [4.69, 9.17) is 14.2 Å². The molecule has 1 aromatic carbocycles. The first-order chi connectivity index (χ1) is 13.3. The van der Waals surface area contributed by atoms with Gasteiger partial charge in [-0.05, 0) is 5.56 Å². The first-order valence-electron chi connectivity index (χ1n) is 10.3. The monoisotopic (exact) mass is 394 g/mol. The van der Waals surface area contributed by atoms with E-state index in [-0.39, 0.29) is 61.0 Å². The molecular formula is C22H34O6. The second kappa shape index (κ2) is 9.20. The van der Waals surface area contributed by atoms with Crippen LogP contribution in [0.2, 0.25) is 0 Å². The van der Waals surface area contributed by atoms with Crippen molar-refractivity contribution in [2.24, 2.45) is 23.7 Å². The van der Waals surface area contributed by atoms with Crippen molar-refractivity contribution < 1.29 is 29.5 Å². The Morgan fingerprint density at radius 2 is 1.50 bits per heavy atom. The SMILES string of the molecule is CC1[C@@H]2OC[C@@H](O2)C(C)[C@@H]1O.CC1[C@H](O)C(C)[C@H](c2ccccc2)O[C@@H]1CO. The Hall–Kier alpha value is -1.02. The Bertz CT molecular complexity index is 588. The predicted molar refractivity (Wildman–Crippen MR) is 104 cm³/mol. The lowest BCUT2D eigenvalue weighted by atomic mass is 9.81. The highest BCUT2D eigenvalue weighted by molar-refractivity contribution is 5.19. The van der Waals surface area contributed by atoms with E-state index in [0.29, 0.717) is 6.61 Å². The van der Waals surface area contributed by atoms with Crippen molar-refractivity contribution in [3.05, 3.63) is 35.9 Å². The molecule has 2 bridgehead atoms. The third kappa shape index (κ3) is 4.27. The van der Waals surface area contributed by atoms with Gasteiger partial charge < -0.3 is 29.5 Å². The number of rotatable bonds is 2. The first-order valence-corrected chi connectivity index (χ1v) is 10.3. The van der Waals surface area contributed by atoms with Crippen molar-refractivity contribution in [3.63, 3.8) is 0 Å². The molecule has 3 N–H and O–H groups in total. The summed E-state index contributed by atoms with van der Waals surface area (Å²) < 4.78 is 16.8. The Morgan fingerprint density at radius 3 is 2.14 bits per heavy atom. The van der Waals surface area contributed by atoms with Gasteiger partial charge in [0.25, 0.3) is 0 Å². The standard InChI is InChI=1S/C14H20O3.C8H14O3/c1-9-12(8-15)17-14(10(2)13(9)16)11-6-4-3-5-7-11;1-4-6-3-10-8(11-6)5(2)7(4)9/h3-7,9-10,12-16H,8H2,1-2H3;4-9H,3H2,1-2H3/t9?,10?,12-,13+,14-;4?,5?,6-,7+,8-/m11/s1. The van der Waals surface area contributed by atoms with Gasteiger partial charge in [0, 0.05) is 23.7 Å². The Balaban J connectivity index is 0.000000176. The Labute approximate surface area is 167 Å². The van der Waals surface area contributed by atoms with Crippen LogP contribution in [0.25, 0.3) is 0 Å². The third-order valence-corrected chi connectivity index (χ3v) is 6.60. The first kappa shape index (κ1) is 21.7. The van der Waals surface area contributed by atoms with E-state index in [1.54, 1.807) is 0 Å². The van der Waals surface area contributed by atoms with Crippen LogP contribution >= 0.6 is 0 Å². The van der Waals surface area contributed by atoms with Gasteiger partial charge in [0.2, 0.25) is 0 Å². The number of hydrogen-bond acceptors (Lipinski definition) is 6. The highest BCUT2D eigenvalue weighted by Gasteiger charge is 2.45. The molecule has 3 heterocycles. The normalized spacial score (nSPS) is 45.2. The smallest absolute Gasteiger partial charge is 0.163 e. The molecule has 0 spiro atoms. The van der Waals surface area contributed by atoms with E-state index in [1.807, 2.05) is 58.0 Å². The van der Waals surface area contributed by atoms with Gasteiger partial charge >= 0.3 is 0 Å². The summed E-state index contributed by atoms with van der Waals surface area (Å²) in [6, 6.07) is 9.88. The molecule has 6 heteroatoms. The summed E-state index contributed by atoms with van der Waals surface area (Å²) in [5.41, 5.74) is 1.06. The van der Waals surface area contributed by atoms with E-state index in [9.17, 15) is 15.3 Å². The summed E-state index contributed by atoms with van der Waals surface area (Å²) in [7, 11) is 0. The van der Waals surface area contributed by atoms with E-state index in [1.165, 1.54) is 0 Å². The summed E-state index contributed by atoms with van der Waals surface area (Å²) >= 11 is 0. The van der Waals surface area contributed by atoms with Gasteiger partial charge in [-0.3, -0.25) is 0 Å². The average Bonchev–Trinajstić information content (AvgIpc) is 3.18. The molecule has 10 atom stereocenters. The van der Waals surface area contributed by atoms with Crippen LogP contribution in [0.15, 0.2) is 30.3 Å². The molecule has 0 amide bonds. The van der Waals surface area contributed by atoms with Gasteiger partial charge in [-0.1, -0.05) is 58.0 Å². The Kier molecular flexibility index (Phi) is 7.12. The summed E-state index contributed by atoms with van der Waals surface area (Å²) in [5.74, 6) is 0.331. The lowest BCUT2D eigenvalue weighted by molar-refractivity contribution is -0.177. The minimum absolute atomic E-state index is 0.0324. The molecule has 4 unspecified atom stereocenters. The molecule has 3 fully saturated rings. The molecule has 3 aliphatic rings. The van der Waals surface area contributed by atoms with Gasteiger partial charge in [-0.2, -0.15) is 0 Å². The van der Waals surface area contributed by atoms with Crippen LogP contribution in [0, 0.1) is 23.7 Å². The van der Waals surface area contributed by atoms with Crippen molar-refractivity contribution in [3.8, 4) is 0 Å². The van der Waals surface area contributed by atoms with Gasteiger partial charge in [0.05, 0.1) is 43.7 Å². The molecule has 1 aromatic rings. The fraction of sp³-hybridized carbons (Fsp3) is 0.727. The highest BCUT2D eigenvalue weighted by Crippen LogP contribution is 2.39. The molecule has 4 rings (SSSR count).